The number of likely N-dealkylation sites (tertiary alicyclic amines) is 1. The fraction of sp³-hybridized carbons (Fsp3) is 0.923. The molecule has 1 rings (SSSR count). The smallest absolute Gasteiger partial charge is 0.220 e. The first-order chi connectivity index (χ1) is 8.22. The van der Waals surface area contributed by atoms with E-state index in [-0.39, 0.29) is 5.91 Å². The molecule has 1 saturated heterocycles. The Labute approximate surface area is 105 Å². The molecule has 0 aromatic heterocycles. The summed E-state index contributed by atoms with van der Waals surface area (Å²) in [5.41, 5.74) is 5.48. The molecule has 0 radical (unpaired) electrons. The highest BCUT2D eigenvalue weighted by atomic mass is 16.1. The van der Waals surface area contributed by atoms with Gasteiger partial charge in [0.05, 0.1) is 0 Å². The Morgan fingerprint density at radius 2 is 2.06 bits per heavy atom. The standard InChI is InChI=1S/C13H27N3O/c1-12(6-7-14)4-5-13(17)15-8-11-16-9-2-3-10-16/h12H,2-11,14H2,1H3,(H,15,17). The molecule has 100 valence electrons. The van der Waals surface area contributed by atoms with Crippen molar-refractivity contribution in [3.8, 4) is 0 Å². The van der Waals surface area contributed by atoms with E-state index in [1.54, 1.807) is 0 Å². The molecule has 1 aliphatic rings. The summed E-state index contributed by atoms with van der Waals surface area (Å²) in [4.78, 5) is 14.0. The molecule has 4 nitrogen and oxygen atoms in total. The van der Waals surface area contributed by atoms with Gasteiger partial charge in [0.2, 0.25) is 5.91 Å². The number of rotatable bonds is 8. The van der Waals surface area contributed by atoms with Crippen molar-refractivity contribution in [3.05, 3.63) is 0 Å². The molecule has 0 aromatic rings. The minimum absolute atomic E-state index is 0.188. The summed E-state index contributed by atoms with van der Waals surface area (Å²) >= 11 is 0. The number of hydrogen-bond donors (Lipinski definition) is 2. The molecule has 1 unspecified atom stereocenters. The van der Waals surface area contributed by atoms with Crippen LogP contribution in [0.4, 0.5) is 0 Å². The SMILES string of the molecule is CC(CCN)CCC(=O)NCCN1CCCC1. The summed E-state index contributed by atoms with van der Waals surface area (Å²) in [5.74, 6) is 0.748. The van der Waals surface area contributed by atoms with Crippen molar-refractivity contribution in [2.45, 2.75) is 39.0 Å². The van der Waals surface area contributed by atoms with Gasteiger partial charge >= 0.3 is 0 Å². The molecule has 1 aliphatic heterocycles. The predicted molar refractivity (Wildman–Crippen MR) is 70.8 cm³/mol. The van der Waals surface area contributed by atoms with Crippen molar-refractivity contribution < 1.29 is 4.79 Å². The van der Waals surface area contributed by atoms with Crippen molar-refractivity contribution in [2.75, 3.05) is 32.7 Å². The van der Waals surface area contributed by atoms with Crippen LogP contribution in [0.5, 0.6) is 0 Å². The van der Waals surface area contributed by atoms with Crippen LogP contribution in [0.3, 0.4) is 0 Å². The molecule has 1 amide bonds. The van der Waals surface area contributed by atoms with Crippen LogP contribution < -0.4 is 11.1 Å². The van der Waals surface area contributed by atoms with Crippen molar-refractivity contribution in [3.63, 3.8) is 0 Å². The van der Waals surface area contributed by atoms with Gasteiger partial charge in [-0.3, -0.25) is 4.79 Å². The van der Waals surface area contributed by atoms with Crippen LogP contribution >= 0.6 is 0 Å². The maximum Gasteiger partial charge on any atom is 0.220 e. The first-order valence-electron chi connectivity index (χ1n) is 6.91. The number of nitrogens with zero attached hydrogens (tertiary/aromatic N) is 1. The van der Waals surface area contributed by atoms with E-state index >= 15 is 0 Å². The van der Waals surface area contributed by atoms with Crippen molar-refractivity contribution >= 4 is 5.91 Å². The van der Waals surface area contributed by atoms with Gasteiger partial charge in [-0.2, -0.15) is 0 Å². The Morgan fingerprint density at radius 1 is 1.35 bits per heavy atom. The molecule has 3 N–H and O–H groups in total. The third-order valence-corrected chi connectivity index (χ3v) is 3.47. The highest BCUT2D eigenvalue weighted by Gasteiger charge is 2.11. The fourth-order valence-electron chi connectivity index (χ4n) is 2.25. The van der Waals surface area contributed by atoms with Crippen LogP contribution in [0.2, 0.25) is 0 Å². The third kappa shape index (κ3) is 6.64. The third-order valence-electron chi connectivity index (χ3n) is 3.47. The number of nitrogens with one attached hydrogen (secondary N) is 1. The molecule has 1 heterocycles. The van der Waals surface area contributed by atoms with Gasteiger partial charge < -0.3 is 16.0 Å². The fourth-order valence-corrected chi connectivity index (χ4v) is 2.25. The predicted octanol–water partition coefficient (Wildman–Crippen LogP) is 0.964. The van der Waals surface area contributed by atoms with Crippen LogP contribution in [0, 0.1) is 5.92 Å². The minimum Gasteiger partial charge on any atom is -0.355 e. The lowest BCUT2D eigenvalue weighted by molar-refractivity contribution is -0.121. The molecule has 17 heavy (non-hydrogen) atoms. The highest BCUT2D eigenvalue weighted by Crippen LogP contribution is 2.09. The maximum atomic E-state index is 11.6. The van der Waals surface area contributed by atoms with Gasteiger partial charge in [-0.05, 0) is 51.2 Å². The average molecular weight is 241 g/mol. The molecule has 0 bridgehead atoms. The molecule has 0 aromatic carbocycles. The van der Waals surface area contributed by atoms with Crippen LogP contribution in [-0.4, -0.2) is 43.5 Å². The van der Waals surface area contributed by atoms with Crippen LogP contribution in [0.1, 0.15) is 39.0 Å². The summed E-state index contributed by atoms with van der Waals surface area (Å²) in [7, 11) is 0. The summed E-state index contributed by atoms with van der Waals surface area (Å²) in [6, 6.07) is 0. The van der Waals surface area contributed by atoms with E-state index < -0.39 is 0 Å². The Morgan fingerprint density at radius 3 is 2.71 bits per heavy atom. The van der Waals surface area contributed by atoms with Gasteiger partial charge in [-0.25, -0.2) is 0 Å². The van der Waals surface area contributed by atoms with Gasteiger partial charge in [-0.1, -0.05) is 6.92 Å². The monoisotopic (exact) mass is 241 g/mol. The molecule has 1 atom stereocenters. The Balaban J connectivity index is 1.96. The zero-order valence-corrected chi connectivity index (χ0v) is 11.1. The average Bonchev–Trinajstić information content (AvgIpc) is 2.80. The molecule has 0 aliphatic carbocycles. The number of amides is 1. The van der Waals surface area contributed by atoms with Gasteiger partial charge in [-0.15, -0.1) is 0 Å². The summed E-state index contributed by atoms with van der Waals surface area (Å²) in [5, 5.41) is 3.00. The van der Waals surface area contributed by atoms with E-state index in [2.05, 4.69) is 17.1 Å². The van der Waals surface area contributed by atoms with Gasteiger partial charge in [0, 0.05) is 19.5 Å². The molecular weight excluding hydrogens is 214 g/mol. The van der Waals surface area contributed by atoms with Gasteiger partial charge in [0.15, 0.2) is 0 Å². The lowest BCUT2D eigenvalue weighted by atomic mass is 10.0. The largest absolute Gasteiger partial charge is 0.355 e. The summed E-state index contributed by atoms with van der Waals surface area (Å²) < 4.78 is 0. The normalized spacial score (nSPS) is 18.2. The molecule has 0 saturated carbocycles. The Kier molecular flexibility index (Phi) is 7.21. The molecular formula is C13H27N3O. The quantitative estimate of drug-likeness (QED) is 0.665. The second-order valence-electron chi connectivity index (χ2n) is 5.12. The van der Waals surface area contributed by atoms with E-state index in [1.807, 2.05) is 0 Å². The number of carbonyl (C=O) groups excluding carboxylic acids is 1. The molecule has 1 fully saturated rings. The number of nitrogens with two attached hydrogens (primary N) is 1. The highest BCUT2D eigenvalue weighted by molar-refractivity contribution is 5.75. The Bertz CT molecular complexity index is 215. The first kappa shape index (κ1) is 14.5. The second-order valence-corrected chi connectivity index (χ2v) is 5.12. The number of carbonyl (C=O) groups is 1. The van der Waals surface area contributed by atoms with E-state index in [1.165, 1.54) is 25.9 Å². The van der Waals surface area contributed by atoms with Gasteiger partial charge in [0.25, 0.3) is 0 Å². The summed E-state index contributed by atoms with van der Waals surface area (Å²) in [6.07, 6.45) is 5.23. The van der Waals surface area contributed by atoms with E-state index in [4.69, 9.17) is 5.73 Å². The van der Waals surface area contributed by atoms with Crippen LogP contribution in [0.15, 0.2) is 0 Å². The Hall–Kier alpha value is -0.610. The lowest BCUT2D eigenvalue weighted by Gasteiger charge is -2.15. The van der Waals surface area contributed by atoms with E-state index in [0.717, 1.165) is 32.5 Å². The summed E-state index contributed by atoms with van der Waals surface area (Å²) in [6.45, 7) is 7.07. The maximum absolute atomic E-state index is 11.6. The number of hydrogen-bond acceptors (Lipinski definition) is 3. The van der Waals surface area contributed by atoms with E-state index in [0.29, 0.717) is 12.3 Å². The van der Waals surface area contributed by atoms with Crippen LogP contribution in [-0.2, 0) is 4.79 Å². The van der Waals surface area contributed by atoms with Crippen molar-refractivity contribution in [2.24, 2.45) is 11.7 Å². The zero-order chi connectivity index (χ0) is 12.5. The van der Waals surface area contributed by atoms with E-state index in [9.17, 15) is 4.79 Å². The second kappa shape index (κ2) is 8.48. The van der Waals surface area contributed by atoms with Crippen LogP contribution in [0.25, 0.3) is 0 Å². The minimum atomic E-state index is 0.188. The lowest BCUT2D eigenvalue weighted by Crippen LogP contribution is -2.33. The van der Waals surface area contributed by atoms with Crippen molar-refractivity contribution in [1.29, 1.82) is 0 Å². The topological polar surface area (TPSA) is 58.4 Å². The molecule has 4 heteroatoms. The molecule has 0 spiro atoms. The first-order valence-corrected chi connectivity index (χ1v) is 6.91. The van der Waals surface area contributed by atoms with Crippen molar-refractivity contribution in [1.82, 2.24) is 10.2 Å². The van der Waals surface area contributed by atoms with Gasteiger partial charge in [0.1, 0.15) is 0 Å². The zero-order valence-electron chi connectivity index (χ0n) is 11.1.